The zero-order chi connectivity index (χ0) is 13.8. The number of ether oxygens (including phenoxy) is 2. The average Bonchev–Trinajstić information content (AvgIpc) is 2.18. The molecule has 0 amide bonds. The first-order chi connectivity index (χ1) is 8.28. The molecule has 5 heteroatoms. The van der Waals surface area contributed by atoms with Gasteiger partial charge in [0.2, 0.25) is 0 Å². The van der Waals surface area contributed by atoms with Gasteiger partial charge in [0, 0.05) is 4.47 Å². The number of halogens is 2. The fourth-order valence-electron chi connectivity index (χ4n) is 1.23. The Hall–Kier alpha value is -1.10. The lowest BCUT2D eigenvalue weighted by molar-refractivity contribution is -0.155. The second-order valence-electron chi connectivity index (χ2n) is 4.76. The van der Waals surface area contributed by atoms with E-state index in [1.165, 1.54) is 12.1 Å². The summed E-state index contributed by atoms with van der Waals surface area (Å²) in [7, 11) is 0. The van der Waals surface area contributed by atoms with Crippen molar-refractivity contribution in [2.45, 2.75) is 32.8 Å². The van der Waals surface area contributed by atoms with Crippen molar-refractivity contribution in [1.29, 1.82) is 0 Å². The van der Waals surface area contributed by atoms with Gasteiger partial charge in [-0.25, -0.2) is 4.39 Å². The van der Waals surface area contributed by atoms with E-state index in [2.05, 4.69) is 15.9 Å². The molecule has 0 bridgehead atoms. The van der Waals surface area contributed by atoms with Gasteiger partial charge >= 0.3 is 5.97 Å². The topological polar surface area (TPSA) is 35.5 Å². The number of rotatable bonds is 4. The molecule has 0 saturated carbocycles. The fraction of sp³-hybridized carbons (Fsp3) is 0.462. The molecule has 0 unspecified atom stereocenters. The molecule has 3 nitrogen and oxygen atoms in total. The minimum absolute atomic E-state index is 0.0901. The maximum Gasteiger partial charge on any atom is 0.309 e. The predicted octanol–water partition coefficient (Wildman–Crippen LogP) is 3.70. The maximum atomic E-state index is 13.4. The van der Waals surface area contributed by atoms with Crippen LogP contribution < -0.4 is 4.74 Å². The SMILES string of the molecule is CC(C)(C)OC(=O)CCOc1ccc(Br)cc1F. The van der Waals surface area contributed by atoms with E-state index in [-0.39, 0.29) is 24.7 Å². The summed E-state index contributed by atoms with van der Waals surface area (Å²) in [4.78, 5) is 11.4. The number of hydrogen-bond donors (Lipinski definition) is 0. The Labute approximate surface area is 114 Å². The number of hydrogen-bond acceptors (Lipinski definition) is 3. The van der Waals surface area contributed by atoms with Crippen molar-refractivity contribution in [3.05, 3.63) is 28.5 Å². The number of carbonyl (C=O) groups excluding carboxylic acids is 1. The molecule has 0 radical (unpaired) electrons. The molecule has 0 spiro atoms. The van der Waals surface area contributed by atoms with Crippen molar-refractivity contribution in [2.75, 3.05) is 6.61 Å². The molecular formula is C13H16BrFO3. The van der Waals surface area contributed by atoms with Crippen LogP contribution in [0.25, 0.3) is 0 Å². The summed E-state index contributed by atoms with van der Waals surface area (Å²) >= 11 is 3.15. The summed E-state index contributed by atoms with van der Waals surface area (Å²) in [5.74, 6) is -0.699. The quantitative estimate of drug-likeness (QED) is 0.794. The molecule has 0 aliphatic carbocycles. The molecule has 0 aliphatic rings. The predicted molar refractivity (Wildman–Crippen MR) is 70.1 cm³/mol. The largest absolute Gasteiger partial charge is 0.490 e. The van der Waals surface area contributed by atoms with Crippen LogP contribution in [-0.2, 0) is 9.53 Å². The fourth-order valence-corrected chi connectivity index (χ4v) is 1.56. The molecule has 0 saturated heterocycles. The smallest absolute Gasteiger partial charge is 0.309 e. The minimum atomic E-state index is -0.514. The van der Waals surface area contributed by atoms with Crippen LogP contribution in [0.2, 0.25) is 0 Å². The van der Waals surface area contributed by atoms with Gasteiger partial charge in [-0.15, -0.1) is 0 Å². The van der Waals surface area contributed by atoms with Gasteiger partial charge in [0.25, 0.3) is 0 Å². The van der Waals surface area contributed by atoms with Gasteiger partial charge < -0.3 is 9.47 Å². The lowest BCUT2D eigenvalue weighted by atomic mass is 10.2. The van der Waals surface area contributed by atoms with Crippen LogP contribution in [-0.4, -0.2) is 18.2 Å². The second kappa shape index (κ2) is 6.18. The van der Waals surface area contributed by atoms with E-state index in [0.29, 0.717) is 4.47 Å². The lowest BCUT2D eigenvalue weighted by Crippen LogP contribution is -2.24. The first-order valence-corrected chi connectivity index (χ1v) is 6.37. The third-order valence-corrected chi connectivity index (χ3v) is 2.37. The summed E-state index contributed by atoms with van der Waals surface area (Å²) in [5, 5.41) is 0. The molecule has 0 N–H and O–H groups in total. The molecule has 0 aromatic heterocycles. The summed E-state index contributed by atoms with van der Waals surface area (Å²) in [6.07, 6.45) is 0.0901. The summed E-state index contributed by atoms with van der Waals surface area (Å²) in [5.41, 5.74) is -0.514. The van der Waals surface area contributed by atoms with E-state index in [1.54, 1.807) is 26.8 Å². The Kier molecular flexibility index (Phi) is 5.14. The zero-order valence-corrected chi connectivity index (χ0v) is 12.2. The molecular weight excluding hydrogens is 303 g/mol. The Balaban J connectivity index is 2.40. The first kappa shape index (κ1) is 15.0. The molecule has 0 heterocycles. The molecule has 1 rings (SSSR count). The third kappa shape index (κ3) is 5.49. The van der Waals surface area contributed by atoms with Crippen molar-refractivity contribution in [1.82, 2.24) is 0 Å². The van der Waals surface area contributed by atoms with Crippen LogP contribution in [0.3, 0.4) is 0 Å². The Morgan fingerprint density at radius 2 is 2.06 bits per heavy atom. The van der Waals surface area contributed by atoms with Gasteiger partial charge in [-0.1, -0.05) is 15.9 Å². The molecule has 0 aliphatic heterocycles. The Morgan fingerprint density at radius 3 is 2.61 bits per heavy atom. The van der Waals surface area contributed by atoms with Crippen LogP contribution >= 0.6 is 15.9 Å². The van der Waals surface area contributed by atoms with Crippen molar-refractivity contribution >= 4 is 21.9 Å². The summed E-state index contributed by atoms with van der Waals surface area (Å²) < 4.78 is 24.3. The van der Waals surface area contributed by atoms with Crippen LogP contribution in [0.1, 0.15) is 27.2 Å². The van der Waals surface area contributed by atoms with Gasteiger partial charge in [-0.2, -0.15) is 0 Å². The number of esters is 1. The standard InChI is InChI=1S/C13H16BrFO3/c1-13(2,3)18-12(16)6-7-17-11-5-4-9(14)8-10(11)15/h4-5,8H,6-7H2,1-3H3. The lowest BCUT2D eigenvalue weighted by Gasteiger charge is -2.19. The first-order valence-electron chi connectivity index (χ1n) is 5.57. The van der Waals surface area contributed by atoms with Crippen LogP contribution in [0.5, 0.6) is 5.75 Å². The average molecular weight is 319 g/mol. The Morgan fingerprint density at radius 1 is 1.39 bits per heavy atom. The molecule has 0 fully saturated rings. The van der Waals surface area contributed by atoms with Crippen LogP contribution in [0.4, 0.5) is 4.39 Å². The molecule has 1 aromatic rings. The van der Waals surface area contributed by atoms with E-state index in [9.17, 15) is 9.18 Å². The van der Waals surface area contributed by atoms with Crippen molar-refractivity contribution in [3.63, 3.8) is 0 Å². The van der Waals surface area contributed by atoms with Gasteiger partial charge in [0.1, 0.15) is 5.60 Å². The molecule has 1 aromatic carbocycles. The van der Waals surface area contributed by atoms with Crippen LogP contribution in [0.15, 0.2) is 22.7 Å². The van der Waals surface area contributed by atoms with Crippen molar-refractivity contribution in [3.8, 4) is 5.75 Å². The van der Waals surface area contributed by atoms with Gasteiger partial charge in [0.15, 0.2) is 11.6 Å². The van der Waals surface area contributed by atoms with E-state index >= 15 is 0 Å². The van der Waals surface area contributed by atoms with E-state index in [4.69, 9.17) is 9.47 Å². The van der Waals surface area contributed by atoms with Gasteiger partial charge in [0.05, 0.1) is 13.0 Å². The van der Waals surface area contributed by atoms with E-state index in [1.807, 2.05) is 0 Å². The highest BCUT2D eigenvalue weighted by molar-refractivity contribution is 9.10. The minimum Gasteiger partial charge on any atom is -0.490 e. The number of carbonyl (C=O) groups is 1. The van der Waals surface area contributed by atoms with Crippen molar-refractivity contribution < 1.29 is 18.7 Å². The number of benzene rings is 1. The van der Waals surface area contributed by atoms with Gasteiger partial charge in [-0.3, -0.25) is 4.79 Å². The second-order valence-corrected chi connectivity index (χ2v) is 5.68. The highest BCUT2D eigenvalue weighted by atomic mass is 79.9. The molecule has 100 valence electrons. The van der Waals surface area contributed by atoms with Crippen LogP contribution in [0, 0.1) is 5.82 Å². The molecule has 18 heavy (non-hydrogen) atoms. The highest BCUT2D eigenvalue weighted by Gasteiger charge is 2.16. The zero-order valence-electron chi connectivity index (χ0n) is 10.6. The normalized spacial score (nSPS) is 11.2. The summed E-state index contributed by atoms with van der Waals surface area (Å²) in [6, 6.07) is 4.49. The highest BCUT2D eigenvalue weighted by Crippen LogP contribution is 2.21. The maximum absolute atomic E-state index is 13.4. The van der Waals surface area contributed by atoms with E-state index in [0.717, 1.165) is 0 Å². The monoisotopic (exact) mass is 318 g/mol. The Bertz CT molecular complexity index is 427. The van der Waals surface area contributed by atoms with Crippen molar-refractivity contribution in [2.24, 2.45) is 0 Å². The van der Waals surface area contributed by atoms with Gasteiger partial charge in [-0.05, 0) is 39.0 Å². The third-order valence-electron chi connectivity index (χ3n) is 1.88. The van der Waals surface area contributed by atoms with E-state index < -0.39 is 11.4 Å². The summed E-state index contributed by atoms with van der Waals surface area (Å²) in [6.45, 7) is 5.47. The molecule has 0 atom stereocenters.